The lowest BCUT2D eigenvalue weighted by Gasteiger charge is -1.98. The molecule has 0 atom stereocenters. The van der Waals surface area contributed by atoms with Crippen molar-refractivity contribution in [1.82, 2.24) is 19.7 Å². The van der Waals surface area contributed by atoms with Crippen LogP contribution in [0.15, 0.2) is 28.4 Å². The first-order chi connectivity index (χ1) is 10.1. The molecule has 0 aliphatic carbocycles. The second-order valence-electron chi connectivity index (χ2n) is 4.53. The molecule has 0 amide bonds. The van der Waals surface area contributed by atoms with E-state index in [2.05, 4.69) is 21.1 Å². The van der Waals surface area contributed by atoms with Gasteiger partial charge in [-0.25, -0.2) is 4.98 Å². The number of nitrogens with one attached hydrogen (secondary N) is 1. The minimum atomic E-state index is 0.584. The molecular weight excluding hydrogens is 286 g/mol. The van der Waals surface area contributed by atoms with Gasteiger partial charge in [-0.1, -0.05) is 0 Å². The molecule has 106 valence electrons. The van der Waals surface area contributed by atoms with Crippen molar-refractivity contribution in [3.05, 3.63) is 29.5 Å². The zero-order chi connectivity index (χ0) is 15.0. The normalized spacial score (nSPS) is 10.8. The fraction of sp³-hybridized carbons (Fsp3) is 0.214. The van der Waals surface area contributed by atoms with Crippen LogP contribution >= 0.6 is 11.8 Å². The molecule has 0 radical (unpaired) electrons. The Hall–Kier alpha value is -2.46. The van der Waals surface area contributed by atoms with Crippen LogP contribution in [0.3, 0.4) is 0 Å². The van der Waals surface area contributed by atoms with Crippen LogP contribution in [-0.2, 0) is 7.05 Å². The van der Waals surface area contributed by atoms with Crippen molar-refractivity contribution < 1.29 is 4.74 Å². The summed E-state index contributed by atoms with van der Waals surface area (Å²) in [6.45, 7) is 1.83. The molecule has 7 heteroatoms. The standard InChI is InChI=1S/C14H13N5OS/c1-8-10(7-15)13(19(2)18-8)21-14-16-11-5-4-9(20-3)6-12(11)17-14/h4-6H,1-3H3,(H,16,17). The van der Waals surface area contributed by atoms with E-state index < -0.39 is 0 Å². The summed E-state index contributed by atoms with van der Waals surface area (Å²) >= 11 is 1.40. The van der Waals surface area contributed by atoms with E-state index in [0.717, 1.165) is 32.7 Å². The Labute approximate surface area is 125 Å². The fourth-order valence-electron chi connectivity index (χ4n) is 2.11. The molecule has 0 aliphatic rings. The maximum absolute atomic E-state index is 9.23. The molecule has 0 aliphatic heterocycles. The van der Waals surface area contributed by atoms with E-state index in [4.69, 9.17) is 4.74 Å². The molecule has 2 aromatic heterocycles. The van der Waals surface area contributed by atoms with E-state index in [1.165, 1.54) is 11.8 Å². The number of nitrogens with zero attached hydrogens (tertiary/aromatic N) is 4. The Kier molecular flexibility index (Phi) is 3.31. The zero-order valence-corrected chi connectivity index (χ0v) is 12.7. The Balaban J connectivity index is 2.01. The number of aromatic amines is 1. The average Bonchev–Trinajstić information content (AvgIpc) is 2.99. The lowest BCUT2D eigenvalue weighted by atomic mass is 10.3. The van der Waals surface area contributed by atoms with Gasteiger partial charge in [-0.05, 0) is 30.8 Å². The predicted octanol–water partition coefficient (Wildman–Crippen LogP) is 2.64. The van der Waals surface area contributed by atoms with Crippen LogP contribution in [0.25, 0.3) is 11.0 Å². The maximum Gasteiger partial charge on any atom is 0.172 e. The number of hydrogen-bond donors (Lipinski definition) is 1. The smallest absolute Gasteiger partial charge is 0.172 e. The third-order valence-electron chi connectivity index (χ3n) is 3.14. The summed E-state index contributed by atoms with van der Waals surface area (Å²) in [5.41, 5.74) is 3.06. The SMILES string of the molecule is COc1ccc2nc(Sc3c(C#N)c(C)nn3C)[nH]c2c1. The summed E-state index contributed by atoms with van der Waals surface area (Å²) in [4.78, 5) is 7.74. The Bertz CT molecular complexity index is 858. The summed E-state index contributed by atoms with van der Waals surface area (Å²) in [6.07, 6.45) is 0. The van der Waals surface area contributed by atoms with E-state index >= 15 is 0 Å². The number of methoxy groups -OCH3 is 1. The number of aryl methyl sites for hydroxylation is 2. The van der Waals surface area contributed by atoms with Crippen molar-refractivity contribution in [2.75, 3.05) is 7.11 Å². The lowest BCUT2D eigenvalue weighted by Crippen LogP contribution is -1.93. The van der Waals surface area contributed by atoms with E-state index in [0.29, 0.717) is 5.56 Å². The number of aromatic nitrogens is 4. The highest BCUT2D eigenvalue weighted by molar-refractivity contribution is 7.99. The molecule has 21 heavy (non-hydrogen) atoms. The first-order valence-corrected chi connectivity index (χ1v) is 7.09. The molecule has 3 rings (SSSR count). The zero-order valence-electron chi connectivity index (χ0n) is 11.8. The Morgan fingerprint density at radius 2 is 2.24 bits per heavy atom. The number of nitriles is 1. The third kappa shape index (κ3) is 2.34. The number of rotatable bonds is 3. The van der Waals surface area contributed by atoms with Gasteiger partial charge in [-0.2, -0.15) is 10.4 Å². The van der Waals surface area contributed by atoms with Crippen molar-refractivity contribution in [2.45, 2.75) is 17.1 Å². The van der Waals surface area contributed by atoms with Crippen LogP contribution in [0.1, 0.15) is 11.3 Å². The van der Waals surface area contributed by atoms with Crippen molar-refractivity contribution in [2.24, 2.45) is 7.05 Å². The topological polar surface area (TPSA) is 79.5 Å². The summed E-state index contributed by atoms with van der Waals surface area (Å²) in [7, 11) is 3.45. The molecule has 0 unspecified atom stereocenters. The van der Waals surface area contributed by atoms with Crippen LogP contribution in [0, 0.1) is 18.3 Å². The highest BCUT2D eigenvalue weighted by Gasteiger charge is 2.16. The Morgan fingerprint density at radius 1 is 1.43 bits per heavy atom. The van der Waals surface area contributed by atoms with Gasteiger partial charge in [0.25, 0.3) is 0 Å². The minimum Gasteiger partial charge on any atom is -0.497 e. The molecule has 0 spiro atoms. The van der Waals surface area contributed by atoms with Gasteiger partial charge < -0.3 is 9.72 Å². The highest BCUT2D eigenvalue weighted by atomic mass is 32.2. The van der Waals surface area contributed by atoms with Gasteiger partial charge >= 0.3 is 0 Å². The van der Waals surface area contributed by atoms with Crippen LogP contribution in [0.4, 0.5) is 0 Å². The lowest BCUT2D eigenvalue weighted by molar-refractivity contribution is 0.415. The molecular formula is C14H13N5OS. The van der Waals surface area contributed by atoms with E-state index in [9.17, 15) is 5.26 Å². The van der Waals surface area contributed by atoms with Crippen LogP contribution in [-0.4, -0.2) is 26.9 Å². The summed E-state index contributed by atoms with van der Waals surface area (Å²) in [6, 6.07) is 7.85. The molecule has 0 saturated heterocycles. The van der Waals surface area contributed by atoms with Gasteiger partial charge in [0.1, 0.15) is 22.4 Å². The van der Waals surface area contributed by atoms with Crippen LogP contribution in [0.2, 0.25) is 0 Å². The summed E-state index contributed by atoms with van der Waals surface area (Å²) in [5, 5.41) is 15.0. The van der Waals surface area contributed by atoms with Gasteiger partial charge in [0, 0.05) is 13.1 Å². The molecule has 6 nitrogen and oxygen atoms in total. The average molecular weight is 299 g/mol. The number of imidazole rings is 1. The number of H-pyrrole nitrogens is 1. The third-order valence-corrected chi connectivity index (χ3v) is 4.19. The van der Waals surface area contributed by atoms with Crippen molar-refractivity contribution in [1.29, 1.82) is 5.26 Å². The number of benzene rings is 1. The molecule has 3 aromatic rings. The van der Waals surface area contributed by atoms with Gasteiger partial charge in [-0.3, -0.25) is 4.68 Å². The molecule has 1 aromatic carbocycles. The monoisotopic (exact) mass is 299 g/mol. The Morgan fingerprint density at radius 3 is 2.95 bits per heavy atom. The first-order valence-electron chi connectivity index (χ1n) is 6.27. The van der Waals surface area contributed by atoms with Crippen molar-refractivity contribution >= 4 is 22.8 Å². The largest absolute Gasteiger partial charge is 0.497 e. The molecule has 0 fully saturated rings. The second-order valence-corrected chi connectivity index (χ2v) is 5.51. The fourth-order valence-corrected chi connectivity index (χ4v) is 3.07. The number of ether oxygens (including phenoxy) is 1. The van der Waals surface area contributed by atoms with Gasteiger partial charge in [-0.15, -0.1) is 0 Å². The van der Waals surface area contributed by atoms with E-state index in [1.807, 2.05) is 32.2 Å². The van der Waals surface area contributed by atoms with Crippen molar-refractivity contribution in [3.63, 3.8) is 0 Å². The van der Waals surface area contributed by atoms with E-state index in [-0.39, 0.29) is 0 Å². The highest BCUT2D eigenvalue weighted by Crippen LogP contribution is 2.31. The molecule has 0 bridgehead atoms. The molecule has 2 heterocycles. The predicted molar refractivity (Wildman–Crippen MR) is 79.4 cm³/mol. The second kappa shape index (κ2) is 5.14. The van der Waals surface area contributed by atoms with Gasteiger partial charge in [0.05, 0.1) is 23.8 Å². The minimum absolute atomic E-state index is 0.584. The van der Waals surface area contributed by atoms with Gasteiger partial charge in [0.15, 0.2) is 5.16 Å². The quantitative estimate of drug-likeness (QED) is 0.804. The number of fused-ring (bicyclic) bond motifs is 1. The summed E-state index contributed by atoms with van der Waals surface area (Å²) in [5.74, 6) is 0.775. The maximum atomic E-state index is 9.23. The summed E-state index contributed by atoms with van der Waals surface area (Å²) < 4.78 is 6.90. The van der Waals surface area contributed by atoms with Gasteiger partial charge in [0.2, 0.25) is 0 Å². The van der Waals surface area contributed by atoms with Crippen LogP contribution in [0.5, 0.6) is 5.75 Å². The van der Waals surface area contributed by atoms with Crippen molar-refractivity contribution in [3.8, 4) is 11.8 Å². The van der Waals surface area contributed by atoms with Crippen LogP contribution < -0.4 is 4.74 Å². The molecule has 1 N–H and O–H groups in total. The molecule has 0 saturated carbocycles. The number of hydrogen-bond acceptors (Lipinski definition) is 5. The first kappa shape index (κ1) is 13.5. The van der Waals surface area contributed by atoms with E-state index in [1.54, 1.807) is 11.8 Å².